The molecule has 1 aromatic carbocycles. The third kappa shape index (κ3) is 3.25. The van der Waals surface area contributed by atoms with Crippen LogP contribution in [-0.2, 0) is 20.9 Å². The molecule has 2 atom stereocenters. The molecule has 1 spiro atoms. The van der Waals surface area contributed by atoms with Crippen LogP contribution in [-0.4, -0.2) is 34.9 Å². The number of imide groups is 1. The second kappa shape index (κ2) is 6.86. The predicted octanol–water partition coefficient (Wildman–Crippen LogP) is 2.54. The number of urea groups is 1. The first kappa shape index (κ1) is 17.5. The van der Waals surface area contributed by atoms with Gasteiger partial charge < -0.3 is 10.1 Å². The van der Waals surface area contributed by atoms with Gasteiger partial charge in [-0.2, -0.15) is 0 Å². The zero-order valence-electron chi connectivity index (χ0n) is 14.7. The molecule has 3 amide bonds. The number of amides is 3. The van der Waals surface area contributed by atoms with Crippen molar-refractivity contribution >= 4 is 17.9 Å². The molecule has 0 bridgehead atoms. The summed E-state index contributed by atoms with van der Waals surface area (Å²) in [7, 11) is 0. The van der Waals surface area contributed by atoms with E-state index in [2.05, 4.69) is 5.32 Å². The molecule has 134 valence electrons. The lowest BCUT2D eigenvalue weighted by Gasteiger charge is -2.36. The van der Waals surface area contributed by atoms with E-state index in [4.69, 9.17) is 4.74 Å². The van der Waals surface area contributed by atoms with E-state index in [0.717, 1.165) is 35.3 Å². The van der Waals surface area contributed by atoms with Gasteiger partial charge in [0.2, 0.25) is 0 Å². The van der Waals surface area contributed by atoms with E-state index in [1.54, 1.807) is 0 Å². The van der Waals surface area contributed by atoms with E-state index in [-0.39, 0.29) is 25.0 Å². The lowest BCUT2D eigenvalue weighted by Crippen LogP contribution is -2.54. The van der Waals surface area contributed by atoms with Crippen LogP contribution in [0, 0.1) is 12.8 Å². The molecule has 1 aliphatic heterocycles. The standard InChI is InChI=1S/C19H24N2O4/c1-13-7-3-4-9-15(13)12-25-16(22)11-21-17(23)19(20-18(21)24)10-6-5-8-14(19)2/h3-4,7,9,14H,5-6,8,10-12H2,1-2H3,(H,20,24)/t14-,19-/m1/s1. The van der Waals surface area contributed by atoms with Gasteiger partial charge in [-0.3, -0.25) is 14.5 Å². The Labute approximate surface area is 147 Å². The molecule has 1 saturated carbocycles. The lowest BCUT2D eigenvalue weighted by molar-refractivity contribution is -0.149. The number of nitrogens with one attached hydrogen (secondary N) is 1. The quantitative estimate of drug-likeness (QED) is 0.673. The van der Waals surface area contributed by atoms with Crippen molar-refractivity contribution in [2.75, 3.05) is 6.54 Å². The van der Waals surface area contributed by atoms with Crippen molar-refractivity contribution in [3.8, 4) is 0 Å². The maximum atomic E-state index is 12.8. The van der Waals surface area contributed by atoms with Crippen molar-refractivity contribution in [1.29, 1.82) is 0 Å². The van der Waals surface area contributed by atoms with Crippen molar-refractivity contribution in [3.05, 3.63) is 35.4 Å². The summed E-state index contributed by atoms with van der Waals surface area (Å²) in [6.07, 6.45) is 3.50. The van der Waals surface area contributed by atoms with Crippen LogP contribution in [0.2, 0.25) is 0 Å². The molecular formula is C19H24N2O4. The minimum atomic E-state index is -0.842. The number of hydrogen-bond donors (Lipinski definition) is 1. The normalized spacial score (nSPS) is 26.0. The number of aryl methyl sites for hydroxylation is 1. The smallest absolute Gasteiger partial charge is 0.326 e. The Morgan fingerprint density at radius 1 is 1.32 bits per heavy atom. The van der Waals surface area contributed by atoms with Crippen molar-refractivity contribution in [2.45, 2.75) is 51.7 Å². The van der Waals surface area contributed by atoms with Gasteiger partial charge in [0, 0.05) is 0 Å². The average Bonchev–Trinajstić information content (AvgIpc) is 2.82. The minimum Gasteiger partial charge on any atom is -0.459 e. The SMILES string of the molecule is Cc1ccccc1COC(=O)CN1C(=O)N[C@@]2(CCCC[C@H]2C)C1=O. The molecule has 25 heavy (non-hydrogen) atoms. The number of esters is 1. The molecular weight excluding hydrogens is 320 g/mol. The molecule has 1 aliphatic carbocycles. The maximum absolute atomic E-state index is 12.8. The van der Waals surface area contributed by atoms with Crippen molar-refractivity contribution in [3.63, 3.8) is 0 Å². The predicted molar refractivity (Wildman–Crippen MR) is 91.6 cm³/mol. The second-order valence-electron chi connectivity index (χ2n) is 7.03. The van der Waals surface area contributed by atoms with Crippen LogP contribution in [0.3, 0.4) is 0 Å². The number of rotatable bonds is 4. The van der Waals surface area contributed by atoms with Gasteiger partial charge in [0.1, 0.15) is 18.7 Å². The average molecular weight is 344 g/mol. The van der Waals surface area contributed by atoms with Gasteiger partial charge >= 0.3 is 12.0 Å². The van der Waals surface area contributed by atoms with Crippen molar-refractivity contribution in [1.82, 2.24) is 10.2 Å². The van der Waals surface area contributed by atoms with E-state index in [1.165, 1.54) is 0 Å². The molecule has 6 heteroatoms. The fourth-order valence-corrected chi connectivity index (χ4v) is 3.74. The summed E-state index contributed by atoms with van der Waals surface area (Å²) >= 11 is 0. The van der Waals surface area contributed by atoms with Crippen LogP contribution >= 0.6 is 0 Å². The molecule has 0 radical (unpaired) electrons. The van der Waals surface area contributed by atoms with Crippen molar-refractivity contribution in [2.24, 2.45) is 5.92 Å². The number of ether oxygens (including phenoxy) is 1. The molecule has 6 nitrogen and oxygen atoms in total. The Balaban J connectivity index is 1.62. The summed E-state index contributed by atoms with van der Waals surface area (Å²) < 4.78 is 5.26. The Morgan fingerprint density at radius 3 is 2.80 bits per heavy atom. The summed E-state index contributed by atoms with van der Waals surface area (Å²) in [4.78, 5) is 38.2. The summed E-state index contributed by atoms with van der Waals surface area (Å²) in [5.41, 5.74) is 1.09. The zero-order chi connectivity index (χ0) is 18.0. The third-order valence-electron chi connectivity index (χ3n) is 5.44. The summed E-state index contributed by atoms with van der Waals surface area (Å²) in [5, 5.41) is 2.84. The number of hydrogen-bond acceptors (Lipinski definition) is 4. The summed E-state index contributed by atoms with van der Waals surface area (Å²) in [6.45, 7) is 3.72. The van der Waals surface area contributed by atoms with Gasteiger partial charge in [-0.05, 0) is 36.8 Å². The summed E-state index contributed by atoms with van der Waals surface area (Å²) in [5.74, 6) is -0.796. The van der Waals surface area contributed by atoms with E-state index >= 15 is 0 Å². The van der Waals surface area contributed by atoms with Gasteiger partial charge in [-0.15, -0.1) is 0 Å². The maximum Gasteiger partial charge on any atom is 0.326 e. The number of nitrogens with zero attached hydrogens (tertiary/aromatic N) is 1. The number of carbonyl (C=O) groups excluding carboxylic acids is 3. The number of benzene rings is 1. The van der Waals surface area contributed by atoms with E-state index in [9.17, 15) is 14.4 Å². The second-order valence-corrected chi connectivity index (χ2v) is 7.03. The molecule has 3 rings (SSSR count). The van der Waals surface area contributed by atoms with Crippen LogP contribution in [0.15, 0.2) is 24.3 Å². The fraction of sp³-hybridized carbons (Fsp3) is 0.526. The fourth-order valence-electron chi connectivity index (χ4n) is 3.74. The van der Waals surface area contributed by atoms with Gasteiger partial charge in [-0.25, -0.2) is 4.79 Å². The molecule has 1 aromatic rings. The third-order valence-corrected chi connectivity index (χ3v) is 5.44. The first-order valence-electron chi connectivity index (χ1n) is 8.78. The van der Waals surface area contributed by atoms with E-state index in [1.807, 2.05) is 38.1 Å². The van der Waals surface area contributed by atoms with E-state index in [0.29, 0.717) is 6.42 Å². The number of carbonyl (C=O) groups is 3. The molecule has 0 aromatic heterocycles. The van der Waals surface area contributed by atoms with Crippen LogP contribution in [0.5, 0.6) is 0 Å². The monoisotopic (exact) mass is 344 g/mol. The molecule has 2 aliphatic rings. The van der Waals surface area contributed by atoms with Crippen molar-refractivity contribution < 1.29 is 19.1 Å². The van der Waals surface area contributed by atoms with Gasteiger partial charge in [0.05, 0.1) is 0 Å². The Morgan fingerprint density at radius 2 is 2.08 bits per heavy atom. The molecule has 1 heterocycles. The molecule has 1 saturated heterocycles. The molecule has 0 unspecified atom stereocenters. The van der Waals surface area contributed by atoms with Crippen LogP contribution in [0.1, 0.15) is 43.7 Å². The minimum absolute atomic E-state index is 0.0747. The largest absolute Gasteiger partial charge is 0.459 e. The lowest BCUT2D eigenvalue weighted by atomic mass is 9.73. The molecule has 1 N–H and O–H groups in total. The van der Waals surface area contributed by atoms with Gasteiger partial charge in [0.25, 0.3) is 5.91 Å². The van der Waals surface area contributed by atoms with E-state index < -0.39 is 17.5 Å². The highest BCUT2D eigenvalue weighted by Crippen LogP contribution is 2.38. The van der Waals surface area contributed by atoms with Gasteiger partial charge in [-0.1, -0.05) is 44.0 Å². The first-order chi connectivity index (χ1) is 11.9. The van der Waals surface area contributed by atoms with Crippen LogP contribution < -0.4 is 5.32 Å². The highest BCUT2D eigenvalue weighted by molar-refractivity contribution is 6.08. The van der Waals surface area contributed by atoms with Crippen LogP contribution in [0.25, 0.3) is 0 Å². The zero-order valence-corrected chi connectivity index (χ0v) is 14.7. The molecule has 2 fully saturated rings. The Kier molecular flexibility index (Phi) is 4.79. The topological polar surface area (TPSA) is 75.7 Å². The Bertz CT molecular complexity index is 702. The highest BCUT2D eigenvalue weighted by atomic mass is 16.5. The summed E-state index contributed by atoms with van der Waals surface area (Å²) in [6, 6.07) is 7.12. The highest BCUT2D eigenvalue weighted by Gasteiger charge is 2.55. The first-order valence-corrected chi connectivity index (χ1v) is 8.78. The van der Waals surface area contributed by atoms with Crippen LogP contribution in [0.4, 0.5) is 4.79 Å². The Hall–Kier alpha value is -2.37. The van der Waals surface area contributed by atoms with Gasteiger partial charge in [0.15, 0.2) is 0 Å².